The molecule has 0 aliphatic heterocycles. The summed E-state index contributed by atoms with van der Waals surface area (Å²) in [6.45, 7) is 0.0558. The van der Waals surface area contributed by atoms with Gasteiger partial charge in [0.25, 0.3) is 0 Å². The van der Waals surface area contributed by atoms with Crippen molar-refractivity contribution >= 4 is 5.91 Å². The second kappa shape index (κ2) is 8.85. The van der Waals surface area contributed by atoms with Crippen LogP contribution in [-0.4, -0.2) is 18.6 Å². The van der Waals surface area contributed by atoms with Crippen LogP contribution < -0.4 is 5.32 Å². The van der Waals surface area contributed by atoms with Gasteiger partial charge in [-0.05, 0) is 19.3 Å². The molecule has 0 saturated heterocycles. The van der Waals surface area contributed by atoms with Gasteiger partial charge in [-0.3, -0.25) is 4.79 Å². The van der Waals surface area contributed by atoms with E-state index in [9.17, 15) is 18.0 Å². The van der Waals surface area contributed by atoms with Gasteiger partial charge in [-0.15, -0.1) is 0 Å². The molecule has 1 radical (unpaired) electrons. The minimum absolute atomic E-state index is 0.0558. The molecule has 0 fully saturated rings. The lowest BCUT2D eigenvalue weighted by Crippen LogP contribution is -2.37. The van der Waals surface area contributed by atoms with Crippen molar-refractivity contribution in [1.29, 1.82) is 5.26 Å². The van der Waals surface area contributed by atoms with Crippen molar-refractivity contribution in [3.05, 3.63) is 6.42 Å². The Labute approximate surface area is 99.0 Å². The molecule has 0 aromatic carbocycles. The molecule has 0 spiro atoms. The highest BCUT2D eigenvalue weighted by Crippen LogP contribution is 2.14. The number of unbranched alkanes of at least 4 members (excludes halogenated alkanes) is 6. The van der Waals surface area contributed by atoms with Crippen molar-refractivity contribution in [1.82, 2.24) is 5.32 Å². The Morgan fingerprint density at radius 2 is 1.88 bits per heavy atom. The monoisotopic (exact) mass is 249 g/mol. The number of alkyl halides is 3. The number of hydrogen-bond donors (Lipinski definition) is 1. The number of amides is 1. The molecule has 0 saturated carbocycles. The van der Waals surface area contributed by atoms with Crippen molar-refractivity contribution in [3.63, 3.8) is 0 Å². The highest BCUT2D eigenvalue weighted by molar-refractivity contribution is 5.81. The van der Waals surface area contributed by atoms with E-state index >= 15 is 0 Å². The molecular weight excluding hydrogens is 233 g/mol. The van der Waals surface area contributed by atoms with Gasteiger partial charge >= 0.3 is 12.1 Å². The van der Waals surface area contributed by atoms with Gasteiger partial charge in [0.1, 0.15) is 0 Å². The number of rotatable bonds is 8. The highest BCUT2D eigenvalue weighted by atomic mass is 19.4. The average Bonchev–Trinajstić information content (AvgIpc) is 2.25. The molecular formula is C11H16F3N2O. The van der Waals surface area contributed by atoms with Gasteiger partial charge in [0.05, 0.1) is 6.07 Å². The van der Waals surface area contributed by atoms with E-state index in [1.165, 1.54) is 0 Å². The molecule has 0 heterocycles. The Hall–Kier alpha value is -1.25. The first-order valence-corrected chi connectivity index (χ1v) is 5.52. The maximum absolute atomic E-state index is 11.8. The van der Waals surface area contributed by atoms with E-state index in [0.29, 0.717) is 12.8 Å². The van der Waals surface area contributed by atoms with Gasteiger partial charge < -0.3 is 5.32 Å². The first kappa shape index (κ1) is 15.8. The summed E-state index contributed by atoms with van der Waals surface area (Å²) in [5.41, 5.74) is 0. The molecule has 0 bridgehead atoms. The summed E-state index contributed by atoms with van der Waals surface area (Å²) in [5.74, 6) is -1.88. The van der Waals surface area contributed by atoms with E-state index in [2.05, 4.69) is 0 Å². The smallest absolute Gasteiger partial charge is 0.348 e. The number of nitrogens with one attached hydrogen (secondary N) is 1. The fraction of sp³-hybridized carbons (Fsp3) is 0.727. The van der Waals surface area contributed by atoms with E-state index in [1.54, 1.807) is 0 Å². The quantitative estimate of drug-likeness (QED) is 0.672. The lowest BCUT2D eigenvalue weighted by atomic mass is 10.1. The third-order valence-corrected chi connectivity index (χ3v) is 2.11. The number of nitrogens with zero attached hydrogens (tertiary/aromatic N) is 1. The topological polar surface area (TPSA) is 52.9 Å². The van der Waals surface area contributed by atoms with Crippen molar-refractivity contribution in [2.75, 3.05) is 6.54 Å². The summed E-state index contributed by atoms with van der Waals surface area (Å²) in [6.07, 6.45) is 1.51. The first-order valence-electron chi connectivity index (χ1n) is 5.52. The molecule has 1 N–H and O–H groups in total. The Kier molecular flexibility index (Phi) is 8.20. The van der Waals surface area contributed by atoms with Crippen LogP contribution in [0.1, 0.15) is 38.5 Å². The Morgan fingerprint density at radius 1 is 1.24 bits per heavy atom. The van der Waals surface area contributed by atoms with Crippen LogP contribution in [0.2, 0.25) is 0 Å². The highest BCUT2D eigenvalue weighted by Gasteiger charge is 2.38. The normalized spacial score (nSPS) is 10.9. The van der Waals surface area contributed by atoms with Gasteiger partial charge in [-0.1, -0.05) is 19.3 Å². The molecule has 0 aliphatic rings. The molecule has 17 heavy (non-hydrogen) atoms. The van der Waals surface area contributed by atoms with Gasteiger partial charge in [0, 0.05) is 13.0 Å². The number of carbonyl (C=O) groups excluding carboxylic acids is 1. The van der Waals surface area contributed by atoms with E-state index in [1.807, 2.05) is 17.8 Å². The Bertz CT molecular complexity index is 258. The molecule has 0 unspecified atom stereocenters. The maximum Gasteiger partial charge on any atom is 0.471 e. The Balaban J connectivity index is 3.25. The second-order valence-corrected chi connectivity index (χ2v) is 3.61. The standard InChI is InChI=1S/C11H16F3N2O/c12-11(13,14)10(17)16-9-7-5-3-1-2-4-6-8-15/h4H,1-3,5-7,9H2,(H,16,17). The van der Waals surface area contributed by atoms with Crippen molar-refractivity contribution in [3.8, 4) is 6.07 Å². The second-order valence-electron chi connectivity index (χ2n) is 3.61. The molecule has 0 rings (SSSR count). The maximum atomic E-state index is 11.8. The molecule has 0 aromatic rings. The SMILES string of the molecule is N#CC[CH]CCCCCCNC(=O)C(F)(F)F. The van der Waals surface area contributed by atoms with Crippen LogP contribution in [-0.2, 0) is 4.79 Å². The van der Waals surface area contributed by atoms with Crippen LogP contribution in [0.3, 0.4) is 0 Å². The van der Waals surface area contributed by atoms with Gasteiger partial charge in [-0.2, -0.15) is 18.4 Å². The molecule has 97 valence electrons. The third-order valence-electron chi connectivity index (χ3n) is 2.11. The number of nitriles is 1. The molecule has 3 nitrogen and oxygen atoms in total. The zero-order valence-corrected chi connectivity index (χ0v) is 9.52. The largest absolute Gasteiger partial charge is 0.471 e. The molecule has 1 amide bonds. The van der Waals surface area contributed by atoms with Crippen molar-refractivity contribution in [2.24, 2.45) is 0 Å². The lowest BCUT2D eigenvalue weighted by molar-refractivity contribution is -0.173. The third kappa shape index (κ3) is 9.67. The van der Waals surface area contributed by atoms with E-state index < -0.39 is 12.1 Å². The molecule has 0 aromatic heterocycles. The number of halogens is 3. The van der Waals surface area contributed by atoms with Gasteiger partial charge in [0.2, 0.25) is 0 Å². The predicted octanol–water partition coefficient (Wildman–Crippen LogP) is 2.73. The minimum atomic E-state index is -4.79. The lowest BCUT2D eigenvalue weighted by Gasteiger charge is -2.07. The fourth-order valence-electron chi connectivity index (χ4n) is 1.24. The fourth-order valence-corrected chi connectivity index (χ4v) is 1.24. The van der Waals surface area contributed by atoms with Crippen molar-refractivity contribution in [2.45, 2.75) is 44.7 Å². The number of carbonyl (C=O) groups is 1. The van der Waals surface area contributed by atoms with Crippen molar-refractivity contribution < 1.29 is 18.0 Å². The zero-order chi connectivity index (χ0) is 13.1. The summed E-state index contributed by atoms with van der Waals surface area (Å²) in [6, 6.07) is 2.00. The van der Waals surface area contributed by atoms with Crippen LogP contribution in [0.5, 0.6) is 0 Å². The average molecular weight is 249 g/mol. The first-order chi connectivity index (χ1) is 7.98. The summed E-state index contributed by atoms with van der Waals surface area (Å²) in [5, 5.41) is 10.1. The minimum Gasteiger partial charge on any atom is -0.348 e. The summed E-state index contributed by atoms with van der Waals surface area (Å²) in [7, 11) is 0. The van der Waals surface area contributed by atoms with Gasteiger partial charge in [-0.25, -0.2) is 0 Å². The number of hydrogen-bond acceptors (Lipinski definition) is 2. The summed E-state index contributed by atoms with van der Waals surface area (Å²) < 4.78 is 35.3. The van der Waals surface area contributed by atoms with Crippen LogP contribution in [0.4, 0.5) is 13.2 Å². The van der Waals surface area contributed by atoms with E-state index in [4.69, 9.17) is 5.26 Å². The summed E-state index contributed by atoms with van der Waals surface area (Å²) in [4.78, 5) is 10.4. The summed E-state index contributed by atoms with van der Waals surface area (Å²) >= 11 is 0. The van der Waals surface area contributed by atoms with Crippen LogP contribution in [0.25, 0.3) is 0 Å². The molecule has 0 atom stereocenters. The van der Waals surface area contributed by atoms with E-state index in [-0.39, 0.29) is 6.54 Å². The predicted molar refractivity (Wildman–Crippen MR) is 56.7 cm³/mol. The van der Waals surface area contributed by atoms with Gasteiger partial charge in [0.15, 0.2) is 0 Å². The van der Waals surface area contributed by atoms with Crippen LogP contribution in [0.15, 0.2) is 0 Å². The molecule has 6 heteroatoms. The van der Waals surface area contributed by atoms with E-state index in [0.717, 1.165) is 25.7 Å². The zero-order valence-electron chi connectivity index (χ0n) is 9.52. The van der Waals surface area contributed by atoms with Crippen LogP contribution in [0, 0.1) is 17.8 Å². The Morgan fingerprint density at radius 3 is 2.47 bits per heavy atom. The van der Waals surface area contributed by atoms with Crippen LogP contribution >= 0.6 is 0 Å². The molecule has 0 aliphatic carbocycles.